The van der Waals surface area contributed by atoms with E-state index in [1.807, 2.05) is 36.4 Å². The van der Waals surface area contributed by atoms with Crippen molar-refractivity contribution in [3.05, 3.63) is 77.9 Å². The lowest BCUT2D eigenvalue weighted by atomic mass is 10.0. The van der Waals surface area contributed by atoms with Gasteiger partial charge in [0.15, 0.2) is 0 Å². The molecule has 1 unspecified atom stereocenters. The van der Waals surface area contributed by atoms with Crippen LogP contribution in [0.2, 0.25) is 0 Å². The number of fused-ring (bicyclic) bond motifs is 1. The minimum atomic E-state index is 0.0634. The Bertz CT molecular complexity index is 974. The van der Waals surface area contributed by atoms with E-state index in [4.69, 9.17) is 4.74 Å². The second-order valence-corrected chi connectivity index (χ2v) is 7.65. The second-order valence-electron chi connectivity index (χ2n) is 7.65. The van der Waals surface area contributed by atoms with Gasteiger partial charge in [-0.3, -0.25) is 9.69 Å². The molecule has 1 fully saturated rings. The molecule has 0 radical (unpaired) electrons. The van der Waals surface area contributed by atoms with Gasteiger partial charge in [0.05, 0.1) is 19.6 Å². The summed E-state index contributed by atoms with van der Waals surface area (Å²) < 4.78 is 5.41. The average molecular weight is 389 g/mol. The first-order valence-electron chi connectivity index (χ1n) is 10.4. The molecule has 0 saturated carbocycles. The third kappa shape index (κ3) is 4.60. The van der Waals surface area contributed by atoms with Gasteiger partial charge >= 0.3 is 0 Å². The highest BCUT2D eigenvalue weighted by molar-refractivity contribution is 5.90. The second kappa shape index (κ2) is 9.10. The van der Waals surface area contributed by atoms with Gasteiger partial charge in [-0.15, -0.1) is 0 Å². The standard InChI is InChI=1S/C25H28N2O2/c1-29-22-12-7-11-21(16-22)24(27-14-4-5-15-27)18-26-25(28)17-20-10-6-9-19-8-2-3-13-23(19)20/h2-3,6-13,16,24H,4-5,14-15,17-18H2,1H3,(H,26,28). The zero-order chi connectivity index (χ0) is 20.1. The van der Waals surface area contributed by atoms with Crippen molar-refractivity contribution in [3.63, 3.8) is 0 Å². The number of carbonyl (C=O) groups is 1. The molecule has 1 atom stereocenters. The van der Waals surface area contributed by atoms with Crippen LogP contribution in [0.25, 0.3) is 10.8 Å². The molecule has 1 heterocycles. The topological polar surface area (TPSA) is 41.6 Å². The Morgan fingerprint density at radius 2 is 1.79 bits per heavy atom. The molecule has 1 saturated heterocycles. The van der Waals surface area contributed by atoms with Crippen LogP contribution in [0.5, 0.6) is 5.75 Å². The molecule has 1 aliphatic heterocycles. The minimum absolute atomic E-state index is 0.0634. The van der Waals surface area contributed by atoms with Crippen molar-refractivity contribution in [1.29, 1.82) is 0 Å². The van der Waals surface area contributed by atoms with Gasteiger partial charge in [-0.05, 0) is 60.0 Å². The molecule has 4 nitrogen and oxygen atoms in total. The van der Waals surface area contributed by atoms with Crippen LogP contribution >= 0.6 is 0 Å². The first-order chi connectivity index (χ1) is 14.2. The highest BCUT2D eigenvalue weighted by atomic mass is 16.5. The number of carbonyl (C=O) groups excluding carboxylic acids is 1. The number of methoxy groups -OCH3 is 1. The van der Waals surface area contributed by atoms with Crippen molar-refractivity contribution >= 4 is 16.7 Å². The molecule has 4 heteroatoms. The molecule has 1 N–H and O–H groups in total. The Morgan fingerprint density at radius 3 is 2.62 bits per heavy atom. The lowest BCUT2D eigenvalue weighted by molar-refractivity contribution is -0.120. The van der Waals surface area contributed by atoms with Crippen molar-refractivity contribution in [2.24, 2.45) is 0 Å². The first-order valence-corrected chi connectivity index (χ1v) is 10.4. The highest BCUT2D eigenvalue weighted by Gasteiger charge is 2.24. The number of likely N-dealkylation sites (tertiary alicyclic amines) is 1. The predicted molar refractivity (Wildman–Crippen MR) is 117 cm³/mol. The number of rotatable bonds is 7. The Hall–Kier alpha value is -2.85. The maximum Gasteiger partial charge on any atom is 0.224 e. The smallest absolute Gasteiger partial charge is 0.224 e. The van der Waals surface area contributed by atoms with Crippen molar-refractivity contribution in [1.82, 2.24) is 10.2 Å². The third-order valence-corrected chi connectivity index (χ3v) is 5.78. The fraction of sp³-hybridized carbons (Fsp3) is 0.320. The largest absolute Gasteiger partial charge is 0.497 e. The molecule has 3 aromatic rings. The van der Waals surface area contributed by atoms with E-state index in [2.05, 4.69) is 40.5 Å². The molecule has 0 aromatic heterocycles. The summed E-state index contributed by atoms with van der Waals surface area (Å²) in [5.41, 5.74) is 2.26. The van der Waals surface area contributed by atoms with Gasteiger partial charge in [-0.25, -0.2) is 0 Å². The van der Waals surface area contributed by atoms with Gasteiger partial charge in [0.2, 0.25) is 5.91 Å². The summed E-state index contributed by atoms with van der Waals surface area (Å²) >= 11 is 0. The molecule has 29 heavy (non-hydrogen) atoms. The van der Waals surface area contributed by atoms with Crippen LogP contribution in [0.4, 0.5) is 0 Å². The summed E-state index contributed by atoms with van der Waals surface area (Å²) in [6.07, 6.45) is 2.82. The molecule has 4 rings (SSSR count). The molecular weight excluding hydrogens is 360 g/mol. The van der Waals surface area contributed by atoms with Crippen molar-refractivity contribution in [2.45, 2.75) is 25.3 Å². The molecular formula is C25H28N2O2. The van der Waals surface area contributed by atoms with E-state index in [1.54, 1.807) is 7.11 Å². The zero-order valence-corrected chi connectivity index (χ0v) is 16.9. The number of amides is 1. The zero-order valence-electron chi connectivity index (χ0n) is 16.9. The Kier molecular flexibility index (Phi) is 6.11. The molecule has 0 aliphatic carbocycles. The maximum absolute atomic E-state index is 12.8. The lowest BCUT2D eigenvalue weighted by Crippen LogP contribution is -2.37. The van der Waals surface area contributed by atoms with Crippen LogP contribution in [0, 0.1) is 0 Å². The summed E-state index contributed by atoms with van der Waals surface area (Å²) in [5.74, 6) is 0.919. The number of benzene rings is 3. The average Bonchev–Trinajstić information content (AvgIpc) is 3.29. The maximum atomic E-state index is 12.8. The van der Waals surface area contributed by atoms with E-state index in [0.29, 0.717) is 13.0 Å². The summed E-state index contributed by atoms with van der Waals surface area (Å²) in [5, 5.41) is 5.51. The number of nitrogens with zero attached hydrogens (tertiary/aromatic N) is 1. The number of hydrogen-bond acceptors (Lipinski definition) is 3. The monoisotopic (exact) mass is 388 g/mol. The fourth-order valence-corrected chi connectivity index (χ4v) is 4.25. The minimum Gasteiger partial charge on any atom is -0.497 e. The van der Waals surface area contributed by atoms with E-state index in [0.717, 1.165) is 29.8 Å². The van der Waals surface area contributed by atoms with Gasteiger partial charge in [-0.1, -0.05) is 54.6 Å². The number of hydrogen-bond donors (Lipinski definition) is 1. The van der Waals surface area contributed by atoms with Crippen LogP contribution in [0.3, 0.4) is 0 Å². The summed E-state index contributed by atoms with van der Waals surface area (Å²) in [4.78, 5) is 15.2. The van der Waals surface area contributed by atoms with Gasteiger partial charge in [0.1, 0.15) is 5.75 Å². The van der Waals surface area contributed by atoms with Crippen molar-refractivity contribution < 1.29 is 9.53 Å². The molecule has 1 amide bonds. The normalized spacial score (nSPS) is 15.3. The fourth-order valence-electron chi connectivity index (χ4n) is 4.25. The molecule has 1 aliphatic rings. The van der Waals surface area contributed by atoms with E-state index < -0.39 is 0 Å². The van der Waals surface area contributed by atoms with Gasteiger partial charge in [0.25, 0.3) is 0 Å². The molecule has 3 aromatic carbocycles. The van der Waals surface area contributed by atoms with E-state index in [-0.39, 0.29) is 11.9 Å². The Balaban J connectivity index is 1.47. The van der Waals surface area contributed by atoms with Crippen LogP contribution in [0.1, 0.15) is 30.0 Å². The molecule has 0 bridgehead atoms. The van der Waals surface area contributed by atoms with Crippen molar-refractivity contribution in [2.75, 3.05) is 26.7 Å². The van der Waals surface area contributed by atoms with Crippen LogP contribution in [-0.2, 0) is 11.2 Å². The predicted octanol–water partition coefficient (Wildman–Crippen LogP) is 4.34. The lowest BCUT2D eigenvalue weighted by Gasteiger charge is -2.28. The Morgan fingerprint density at radius 1 is 1.03 bits per heavy atom. The summed E-state index contributed by atoms with van der Waals surface area (Å²) in [6, 6.07) is 22.7. The third-order valence-electron chi connectivity index (χ3n) is 5.78. The van der Waals surface area contributed by atoms with Crippen LogP contribution < -0.4 is 10.1 Å². The summed E-state index contributed by atoms with van der Waals surface area (Å²) in [7, 11) is 1.69. The SMILES string of the molecule is COc1cccc(C(CNC(=O)Cc2cccc3ccccc23)N2CCCC2)c1. The van der Waals surface area contributed by atoms with E-state index >= 15 is 0 Å². The van der Waals surface area contributed by atoms with Crippen LogP contribution in [0.15, 0.2) is 66.7 Å². The van der Waals surface area contributed by atoms with E-state index in [1.165, 1.54) is 23.8 Å². The highest BCUT2D eigenvalue weighted by Crippen LogP contribution is 2.27. The number of nitrogens with one attached hydrogen (secondary N) is 1. The number of ether oxygens (including phenoxy) is 1. The van der Waals surface area contributed by atoms with Gasteiger partial charge in [0, 0.05) is 6.54 Å². The molecule has 150 valence electrons. The van der Waals surface area contributed by atoms with Crippen LogP contribution in [-0.4, -0.2) is 37.6 Å². The quantitative estimate of drug-likeness (QED) is 0.654. The van der Waals surface area contributed by atoms with E-state index in [9.17, 15) is 4.79 Å². The first kappa shape index (κ1) is 19.5. The van der Waals surface area contributed by atoms with Crippen molar-refractivity contribution in [3.8, 4) is 5.75 Å². The van der Waals surface area contributed by atoms with Gasteiger partial charge in [-0.2, -0.15) is 0 Å². The Labute approximate surface area is 172 Å². The summed E-state index contributed by atoms with van der Waals surface area (Å²) in [6.45, 7) is 2.75. The molecule has 0 spiro atoms. The van der Waals surface area contributed by atoms with Gasteiger partial charge < -0.3 is 10.1 Å².